The van der Waals surface area contributed by atoms with Crippen LogP contribution in [0.4, 0.5) is 10.1 Å². The number of hydrogen-bond donors (Lipinski definition) is 0. The van der Waals surface area contributed by atoms with Gasteiger partial charge in [-0.25, -0.2) is 17.8 Å². The third-order valence-corrected chi connectivity index (χ3v) is 8.25. The molecule has 5 rings (SSSR count). The van der Waals surface area contributed by atoms with E-state index in [1.807, 2.05) is 0 Å². The molecule has 2 fully saturated rings. The van der Waals surface area contributed by atoms with Gasteiger partial charge in [0.2, 0.25) is 0 Å². The fraction of sp³-hybridized carbons (Fsp3) is 0.500. The zero-order valence-corrected chi connectivity index (χ0v) is 18.2. The number of nitrogens with zero attached hydrogens (tertiary/aromatic N) is 3. The van der Waals surface area contributed by atoms with E-state index in [1.54, 1.807) is 18.2 Å². The van der Waals surface area contributed by atoms with Gasteiger partial charge < -0.3 is 9.15 Å². The summed E-state index contributed by atoms with van der Waals surface area (Å²) in [6.45, 7) is 4.84. The molecule has 3 aliphatic rings. The summed E-state index contributed by atoms with van der Waals surface area (Å²) in [5.74, 6) is 0.694. The Hall–Kier alpha value is -2.23. The van der Waals surface area contributed by atoms with Crippen LogP contribution in [-0.4, -0.2) is 49.6 Å². The minimum atomic E-state index is -3.65. The van der Waals surface area contributed by atoms with Crippen LogP contribution < -0.4 is 4.31 Å². The van der Waals surface area contributed by atoms with Gasteiger partial charge >= 0.3 is 0 Å². The van der Waals surface area contributed by atoms with Crippen molar-refractivity contribution >= 4 is 15.7 Å². The minimum Gasteiger partial charge on any atom is -0.448 e. The minimum absolute atomic E-state index is 0.104. The van der Waals surface area contributed by atoms with Crippen molar-refractivity contribution in [2.45, 2.75) is 50.2 Å². The molecule has 7 nitrogen and oxygen atoms in total. The largest absolute Gasteiger partial charge is 0.448 e. The summed E-state index contributed by atoms with van der Waals surface area (Å²) in [6.07, 6.45) is 5.43. The molecule has 1 spiro atoms. The maximum Gasteiger partial charge on any atom is 0.258 e. The highest BCUT2D eigenvalue weighted by atomic mass is 32.2. The summed E-state index contributed by atoms with van der Waals surface area (Å²) in [5.41, 5.74) is 0.606. The van der Waals surface area contributed by atoms with Gasteiger partial charge in [0.25, 0.3) is 10.0 Å². The predicted molar refractivity (Wildman–Crippen MR) is 113 cm³/mol. The van der Waals surface area contributed by atoms with E-state index in [1.165, 1.54) is 28.2 Å². The highest BCUT2D eigenvalue weighted by molar-refractivity contribution is 7.96. The van der Waals surface area contributed by atoms with Crippen molar-refractivity contribution in [1.82, 2.24) is 9.88 Å². The van der Waals surface area contributed by atoms with Crippen molar-refractivity contribution in [2.75, 3.05) is 24.1 Å². The predicted octanol–water partition coefficient (Wildman–Crippen LogP) is 3.40. The lowest BCUT2D eigenvalue weighted by atomic mass is 9.83. The third-order valence-electron chi connectivity index (χ3n) is 6.68. The van der Waals surface area contributed by atoms with Crippen LogP contribution in [0.3, 0.4) is 0 Å². The number of hydrogen-bond acceptors (Lipinski definition) is 6. The molecular weight excluding hydrogens is 421 g/mol. The summed E-state index contributed by atoms with van der Waals surface area (Å²) < 4.78 is 52.1. The molecule has 0 bridgehead atoms. The molecule has 0 aliphatic carbocycles. The number of sulfonamides is 1. The number of aromatic nitrogens is 1. The number of benzene rings is 1. The van der Waals surface area contributed by atoms with Crippen LogP contribution in [-0.2, 0) is 21.3 Å². The number of ether oxygens (including phenoxy) is 1. The molecule has 0 radical (unpaired) electrons. The van der Waals surface area contributed by atoms with Crippen molar-refractivity contribution < 1.29 is 22.0 Å². The molecule has 31 heavy (non-hydrogen) atoms. The van der Waals surface area contributed by atoms with E-state index in [-0.39, 0.29) is 12.0 Å². The van der Waals surface area contributed by atoms with Crippen LogP contribution in [0.2, 0.25) is 0 Å². The van der Waals surface area contributed by atoms with Crippen molar-refractivity contribution in [2.24, 2.45) is 0 Å². The average molecular weight is 448 g/mol. The first-order valence-corrected chi connectivity index (χ1v) is 12.1. The monoisotopic (exact) mass is 447 g/mol. The second kappa shape index (κ2) is 7.72. The van der Waals surface area contributed by atoms with E-state index in [4.69, 9.17) is 9.15 Å². The topological polar surface area (TPSA) is 75.9 Å². The molecule has 9 heteroatoms. The average Bonchev–Trinajstić information content (AvgIpc) is 3.44. The van der Waals surface area contributed by atoms with Gasteiger partial charge in [-0.05, 0) is 50.5 Å². The second-order valence-corrected chi connectivity index (χ2v) is 10.4. The first kappa shape index (κ1) is 20.7. The summed E-state index contributed by atoms with van der Waals surface area (Å²) in [6, 6.07) is 5.91. The van der Waals surface area contributed by atoms with Crippen molar-refractivity contribution in [3.05, 3.63) is 59.4 Å². The van der Waals surface area contributed by atoms with E-state index in [0.717, 1.165) is 24.5 Å². The molecule has 166 valence electrons. The molecule has 1 aromatic carbocycles. The summed E-state index contributed by atoms with van der Waals surface area (Å²) in [4.78, 5) is 6.76. The van der Waals surface area contributed by atoms with Gasteiger partial charge in [0.1, 0.15) is 11.6 Å². The number of rotatable bonds is 4. The fourth-order valence-electron chi connectivity index (χ4n) is 5.13. The lowest BCUT2D eigenvalue weighted by Gasteiger charge is -2.47. The Morgan fingerprint density at radius 3 is 2.97 bits per heavy atom. The maximum absolute atomic E-state index is 13.9. The highest BCUT2D eigenvalue weighted by Crippen LogP contribution is 2.43. The van der Waals surface area contributed by atoms with Crippen LogP contribution in [0, 0.1) is 5.82 Å². The Kier molecular flexibility index (Phi) is 5.15. The summed E-state index contributed by atoms with van der Waals surface area (Å²) in [7, 11) is -3.65. The van der Waals surface area contributed by atoms with Crippen molar-refractivity contribution in [1.29, 1.82) is 0 Å². The van der Waals surface area contributed by atoms with Gasteiger partial charge in [-0.3, -0.25) is 9.21 Å². The summed E-state index contributed by atoms with van der Waals surface area (Å²) >= 11 is 0. The van der Waals surface area contributed by atoms with Gasteiger partial charge in [0, 0.05) is 37.1 Å². The molecule has 1 unspecified atom stereocenters. The normalized spacial score (nSPS) is 30.5. The quantitative estimate of drug-likeness (QED) is 0.715. The van der Waals surface area contributed by atoms with E-state index in [0.29, 0.717) is 38.2 Å². The third kappa shape index (κ3) is 3.68. The standard InChI is InChI=1S/C22H26FN3O4S/c1-16-12-22(7-10-31(27,28)26(22)19-4-2-3-18(23)11-19)6-8-25(16)13-20-21(30-15-24-20)17-5-9-29-14-17/h2-4,7,10-11,15-17H,5-6,8-9,12-14H2,1H3/t16-,17?,22-/m0/s1. The van der Waals surface area contributed by atoms with Crippen molar-refractivity contribution in [3.8, 4) is 0 Å². The Bertz CT molecular complexity index is 1100. The number of likely N-dealkylation sites (tertiary alicyclic amines) is 1. The Morgan fingerprint density at radius 2 is 2.23 bits per heavy atom. The first-order chi connectivity index (χ1) is 14.9. The number of piperidine rings is 1. The van der Waals surface area contributed by atoms with Crippen LogP contribution in [0.5, 0.6) is 0 Å². The molecule has 0 N–H and O–H groups in total. The molecule has 0 saturated carbocycles. The lowest BCUT2D eigenvalue weighted by Crippen LogP contribution is -2.56. The zero-order valence-electron chi connectivity index (χ0n) is 17.4. The number of halogens is 1. The van der Waals surface area contributed by atoms with Crippen LogP contribution >= 0.6 is 0 Å². The molecule has 1 aromatic heterocycles. The lowest BCUT2D eigenvalue weighted by molar-refractivity contribution is 0.117. The first-order valence-electron chi connectivity index (χ1n) is 10.6. The van der Waals surface area contributed by atoms with E-state index >= 15 is 0 Å². The molecule has 2 saturated heterocycles. The molecule has 3 atom stereocenters. The van der Waals surface area contributed by atoms with E-state index < -0.39 is 21.4 Å². The van der Waals surface area contributed by atoms with E-state index in [9.17, 15) is 12.8 Å². The zero-order chi connectivity index (χ0) is 21.6. The molecule has 2 aromatic rings. The van der Waals surface area contributed by atoms with Gasteiger partial charge in [0.15, 0.2) is 6.39 Å². The smallest absolute Gasteiger partial charge is 0.258 e. The van der Waals surface area contributed by atoms with Crippen LogP contribution in [0.1, 0.15) is 43.6 Å². The SMILES string of the molecule is C[C@H]1C[C@@]2(C=CS(=O)(=O)N2c2cccc(F)c2)CCN1Cc1ncoc1C1CCOC1. The van der Waals surface area contributed by atoms with Gasteiger partial charge in [-0.2, -0.15) is 0 Å². The van der Waals surface area contributed by atoms with Crippen molar-refractivity contribution in [3.63, 3.8) is 0 Å². The Balaban J connectivity index is 1.37. The van der Waals surface area contributed by atoms with Gasteiger partial charge in [-0.1, -0.05) is 6.07 Å². The van der Waals surface area contributed by atoms with Gasteiger partial charge in [-0.15, -0.1) is 0 Å². The molecular formula is C22H26FN3O4S. The molecule has 4 heterocycles. The fourth-order valence-corrected chi connectivity index (χ4v) is 6.82. The van der Waals surface area contributed by atoms with Gasteiger partial charge in [0.05, 0.1) is 23.5 Å². The highest BCUT2D eigenvalue weighted by Gasteiger charge is 2.49. The van der Waals surface area contributed by atoms with Crippen LogP contribution in [0.25, 0.3) is 0 Å². The maximum atomic E-state index is 13.9. The van der Waals surface area contributed by atoms with Crippen LogP contribution in [0.15, 0.2) is 46.6 Å². The molecule has 3 aliphatic heterocycles. The summed E-state index contributed by atoms with van der Waals surface area (Å²) in [5, 5.41) is 1.26. The molecule has 0 amide bonds. The Morgan fingerprint density at radius 1 is 1.35 bits per heavy atom. The number of oxazole rings is 1. The Labute approximate surface area is 181 Å². The second-order valence-electron chi connectivity index (χ2n) is 8.69. The number of anilines is 1. The van der Waals surface area contributed by atoms with E-state index in [2.05, 4.69) is 16.8 Å².